The fourth-order valence-corrected chi connectivity index (χ4v) is 3.46. The number of carbonyl (C=O) groups excluding carboxylic acids is 1. The van der Waals surface area contributed by atoms with Crippen LogP contribution in [-0.2, 0) is 16.1 Å². The summed E-state index contributed by atoms with van der Waals surface area (Å²) < 4.78 is 6.41. The first kappa shape index (κ1) is 26.1. The molecule has 10 heteroatoms. The number of aromatic amines is 1. The van der Waals surface area contributed by atoms with Crippen LogP contribution in [0.1, 0.15) is 27.2 Å². The van der Waals surface area contributed by atoms with Crippen LogP contribution in [0.3, 0.4) is 0 Å². The highest BCUT2D eigenvalue weighted by Crippen LogP contribution is 2.20. The van der Waals surface area contributed by atoms with Gasteiger partial charge in [-0.1, -0.05) is 39.0 Å². The lowest BCUT2D eigenvalue weighted by Gasteiger charge is -2.30. The van der Waals surface area contributed by atoms with Crippen LogP contribution < -0.4 is 26.8 Å². The Kier molecular flexibility index (Phi) is 9.68. The molecule has 1 atom stereocenters. The highest BCUT2D eigenvalue weighted by molar-refractivity contribution is 5.98. The number of nitrogen functional groups attached to an aromatic ring is 1. The topological polar surface area (TPSA) is 134 Å². The molecule has 182 valence electrons. The van der Waals surface area contributed by atoms with E-state index in [1.165, 1.54) is 16.6 Å². The standard InChI is InChI=1S/C23H35N5O5/c1-5-18(29)14-26(17-9-7-6-8-10-17)15-19(30)27(11-12-33-4)20-21(24)28(13-16(2)3)23(32)25-22(20)31/h6-10,16,18,29H,5,11-15,24H2,1-4H3,(H,25,31,32). The van der Waals surface area contributed by atoms with Crippen LogP contribution >= 0.6 is 0 Å². The Morgan fingerprint density at radius 2 is 1.91 bits per heavy atom. The number of hydrogen-bond acceptors (Lipinski definition) is 7. The van der Waals surface area contributed by atoms with Gasteiger partial charge in [0, 0.05) is 32.4 Å². The van der Waals surface area contributed by atoms with E-state index in [4.69, 9.17) is 10.5 Å². The van der Waals surface area contributed by atoms with Gasteiger partial charge in [0.25, 0.3) is 5.56 Å². The highest BCUT2D eigenvalue weighted by Gasteiger charge is 2.26. The van der Waals surface area contributed by atoms with E-state index in [9.17, 15) is 19.5 Å². The van der Waals surface area contributed by atoms with Gasteiger partial charge in [-0.2, -0.15) is 0 Å². The summed E-state index contributed by atoms with van der Waals surface area (Å²) in [5, 5.41) is 10.2. The Balaban J connectivity index is 2.48. The Morgan fingerprint density at radius 3 is 2.48 bits per heavy atom. The van der Waals surface area contributed by atoms with Crippen molar-refractivity contribution in [2.24, 2.45) is 5.92 Å². The van der Waals surface area contributed by atoms with Crippen molar-refractivity contribution in [3.8, 4) is 0 Å². The van der Waals surface area contributed by atoms with Gasteiger partial charge in [-0.3, -0.25) is 19.1 Å². The van der Waals surface area contributed by atoms with E-state index in [0.29, 0.717) is 13.0 Å². The number of amides is 1. The SMILES string of the molecule is CCC(O)CN(CC(=O)N(CCOC)c1c(N)n(CC(C)C)c(=O)[nH]c1=O)c1ccccc1. The minimum Gasteiger partial charge on any atom is -0.391 e. The van der Waals surface area contributed by atoms with Gasteiger partial charge in [0.1, 0.15) is 5.82 Å². The number of nitrogens with zero attached hydrogens (tertiary/aromatic N) is 3. The number of benzene rings is 1. The van der Waals surface area contributed by atoms with Crippen molar-refractivity contribution in [3.05, 3.63) is 51.2 Å². The molecule has 1 unspecified atom stereocenters. The van der Waals surface area contributed by atoms with Crippen molar-refractivity contribution >= 4 is 23.1 Å². The van der Waals surface area contributed by atoms with Gasteiger partial charge >= 0.3 is 5.69 Å². The molecule has 2 aromatic rings. The van der Waals surface area contributed by atoms with E-state index in [1.54, 1.807) is 4.90 Å². The first-order chi connectivity index (χ1) is 15.7. The zero-order valence-electron chi connectivity index (χ0n) is 19.8. The Hall–Kier alpha value is -3.11. The van der Waals surface area contributed by atoms with Crippen molar-refractivity contribution in [2.75, 3.05) is 48.9 Å². The Morgan fingerprint density at radius 1 is 1.24 bits per heavy atom. The number of hydrogen-bond donors (Lipinski definition) is 3. The third-order valence-electron chi connectivity index (χ3n) is 5.20. The third-order valence-corrected chi connectivity index (χ3v) is 5.20. The van der Waals surface area contributed by atoms with Crippen molar-refractivity contribution in [1.82, 2.24) is 9.55 Å². The molecule has 0 saturated heterocycles. The van der Waals surface area contributed by atoms with E-state index in [-0.39, 0.29) is 43.7 Å². The number of nitrogens with one attached hydrogen (secondary N) is 1. The summed E-state index contributed by atoms with van der Waals surface area (Å²) in [4.78, 5) is 43.8. The minimum atomic E-state index is -0.734. The first-order valence-electron chi connectivity index (χ1n) is 11.1. The number of ether oxygens (including phenoxy) is 1. The van der Waals surface area contributed by atoms with Crippen LogP contribution in [0.25, 0.3) is 0 Å². The van der Waals surface area contributed by atoms with Crippen molar-refractivity contribution in [3.63, 3.8) is 0 Å². The summed E-state index contributed by atoms with van der Waals surface area (Å²) >= 11 is 0. The highest BCUT2D eigenvalue weighted by atomic mass is 16.5. The maximum absolute atomic E-state index is 13.5. The fraction of sp³-hybridized carbons (Fsp3) is 0.522. The molecule has 0 fully saturated rings. The van der Waals surface area contributed by atoms with Gasteiger partial charge in [-0.05, 0) is 24.5 Å². The molecular formula is C23H35N5O5. The molecule has 0 spiro atoms. The first-order valence-corrected chi connectivity index (χ1v) is 11.1. The molecule has 0 aliphatic carbocycles. The molecule has 0 radical (unpaired) electrons. The van der Waals surface area contributed by atoms with E-state index in [0.717, 1.165) is 5.69 Å². The monoisotopic (exact) mass is 461 g/mol. The second-order valence-corrected chi connectivity index (χ2v) is 8.31. The predicted octanol–water partition coefficient (Wildman–Crippen LogP) is 1.03. The lowest BCUT2D eigenvalue weighted by Crippen LogP contribution is -2.47. The molecule has 0 saturated carbocycles. The molecule has 0 bridgehead atoms. The van der Waals surface area contributed by atoms with Crippen LogP contribution in [-0.4, -0.2) is 60.0 Å². The van der Waals surface area contributed by atoms with Gasteiger partial charge in [-0.15, -0.1) is 0 Å². The average molecular weight is 462 g/mol. The number of anilines is 3. The number of aliphatic hydroxyl groups is 1. The molecule has 0 aliphatic rings. The van der Waals surface area contributed by atoms with Gasteiger partial charge < -0.3 is 25.4 Å². The quantitative estimate of drug-likeness (QED) is 0.430. The Bertz CT molecular complexity index is 1020. The fourth-order valence-electron chi connectivity index (χ4n) is 3.46. The van der Waals surface area contributed by atoms with Gasteiger partial charge in [0.2, 0.25) is 5.91 Å². The second-order valence-electron chi connectivity index (χ2n) is 8.31. The van der Waals surface area contributed by atoms with Crippen LogP contribution in [0.2, 0.25) is 0 Å². The molecular weight excluding hydrogens is 426 g/mol. The summed E-state index contributed by atoms with van der Waals surface area (Å²) in [6.45, 7) is 6.36. The van der Waals surface area contributed by atoms with E-state index in [1.807, 2.05) is 51.1 Å². The second kappa shape index (κ2) is 12.2. The molecule has 1 heterocycles. The summed E-state index contributed by atoms with van der Waals surface area (Å²) in [6, 6.07) is 9.25. The predicted molar refractivity (Wildman–Crippen MR) is 130 cm³/mol. The smallest absolute Gasteiger partial charge is 0.330 e. The number of H-pyrrole nitrogens is 1. The largest absolute Gasteiger partial charge is 0.391 e. The maximum Gasteiger partial charge on any atom is 0.330 e. The van der Waals surface area contributed by atoms with Gasteiger partial charge in [0.05, 0.1) is 19.3 Å². The molecule has 1 aromatic heterocycles. The lowest BCUT2D eigenvalue weighted by atomic mass is 10.2. The third kappa shape index (κ3) is 6.93. The molecule has 1 aromatic carbocycles. The molecule has 1 amide bonds. The van der Waals surface area contributed by atoms with Gasteiger partial charge in [0.15, 0.2) is 5.69 Å². The van der Waals surface area contributed by atoms with Crippen LogP contribution in [0, 0.1) is 5.92 Å². The van der Waals surface area contributed by atoms with Crippen molar-refractivity contribution in [2.45, 2.75) is 39.8 Å². The number of carbonyl (C=O) groups is 1. The van der Waals surface area contributed by atoms with E-state index < -0.39 is 23.3 Å². The Labute approximate surface area is 193 Å². The summed E-state index contributed by atoms with van der Waals surface area (Å²) in [6.07, 6.45) is -0.107. The number of aliphatic hydroxyl groups excluding tert-OH is 1. The van der Waals surface area contributed by atoms with E-state index >= 15 is 0 Å². The molecule has 33 heavy (non-hydrogen) atoms. The lowest BCUT2D eigenvalue weighted by molar-refractivity contribution is -0.117. The normalized spacial score (nSPS) is 12.1. The number of rotatable bonds is 12. The van der Waals surface area contributed by atoms with Crippen LogP contribution in [0.4, 0.5) is 17.2 Å². The maximum atomic E-state index is 13.5. The van der Waals surface area contributed by atoms with Crippen LogP contribution in [0.15, 0.2) is 39.9 Å². The number of aromatic nitrogens is 2. The summed E-state index contributed by atoms with van der Waals surface area (Å²) in [7, 11) is 1.49. The van der Waals surface area contributed by atoms with Gasteiger partial charge in [-0.25, -0.2) is 4.79 Å². The van der Waals surface area contributed by atoms with Crippen molar-refractivity contribution < 1.29 is 14.6 Å². The number of nitrogens with two attached hydrogens (primary N) is 1. The zero-order valence-corrected chi connectivity index (χ0v) is 19.8. The molecule has 0 aliphatic heterocycles. The van der Waals surface area contributed by atoms with Crippen molar-refractivity contribution in [1.29, 1.82) is 0 Å². The van der Waals surface area contributed by atoms with E-state index in [2.05, 4.69) is 4.98 Å². The number of methoxy groups -OCH3 is 1. The zero-order chi connectivity index (χ0) is 24.5. The number of para-hydroxylation sites is 1. The summed E-state index contributed by atoms with van der Waals surface area (Å²) in [5.74, 6) is -0.385. The summed E-state index contributed by atoms with van der Waals surface area (Å²) in [5.41, 5.74) is 5.57. The van der Waals surface area contributed by atoms with Crippen LogP contribution in [0.5, 0.6) is 0 Å². The molecule has 10 nitrogen and oxygen atoms in total. The minimum absolute atomic E-state index is 0.0678. The molecule has 2 rings (SSSR count). The average Bonchev–Trinajstić information content (AvgIpc) is 2.78. The molecule has 4 N–H and O–H groups in total.